The highest BCUT2D eigenvalue weighted by Gasteiger charge is 2.37. The van der Waals surface area contributed by atoms with Gasteiger partial charge < -0.3 is 4.42 Å². The van der Waals surface area contributed by atoms with Crippen molar-refractivity contribution in [3.8, 4) is 33.4 Å². The first kappa shape index (κ1) is 25.6. The van der Waals surface area contributed by atoms with Crippen molar-refractivity contribution in [1.29, 1.82) is 0 Å². The van der Waals surface area contributed by atoms with E-state index in [0.29, 0.717) is 0 Å². The summed E-state index contributed by atoms with van der Waals surface area (Å²) >= 11 is 0. The number of fused-ring (bicyclic) bond motifs is 10. The Morgan fingerprint density at radius 3 is 1.52 bits per heavy atom. The van der Waals surface area contributed by atoms with Crippen molar-refractivity contribution in [1.82, 2.24) is 0 Å². The molecule has 1 aromatic heterocycles. The summed E-state index contributed by atoms with van der Waals surface area (Å²) in [5.41, 5.74) is 12.3. The highest BCUT2D eigenvalue weighted by molar-refractivity contribution is 6.27. The Labute approximate surface area is 267 Å². The molecule has 0 saturated carbocycles. The Kier molecular flexibility index (Phi) is 5.12. The normalized spacial score (nSPS) is 13.6. The van der Waals surface area contributed by atoms with Crippen molar-refractivity contribution >= 4 is 54.3 Å². The molecule has 10 rings (SSSR count). The van der Waals surface area contributed by atoms with E-state index in [0.717, 1.165) is 16.6 Å². The van der Waals surface area contributed by atoms with E-state index in [4.69, 9.17) is 4.42 Å². The van der Waals surface area contributed by atoms with Gasteiger partial charge in [-0.3, -0.25) is 0 Å². The molecule has 8 aromatic carbocycles. The molecule has 1 nitrogen and oxygen atoms in total. The molecule has 0 saturated heterocycles. The molecule has 1 heterocycles. The largest absolute Gasteiger partial charge is 0.456 e. The highest BCUT2D eigenvalue weighted by atomic mass is 16.3. The zero-order chi connectivity index (χ0) is 30.6. The Bertz CT molecular complexity index is 2660. The summed E-state index contributed by atoms with van der Waals surface area (Å²) < 4.78 is 6.37. The van der Waals surface area contributed by atoms with Gasteiger partial charge in [0.25, 0.3) is 0 Å². The number of para-hydroxylation sites is 1. The van der Waals surface area contributed by atoms with Crippen molar-refractivity contribution < 1.29 is 4.42 Å². The van der Waals surface area contributed by atoms with Crippen molar-refractivity contribution in [3.63, 3.8) is 0 Å². The minimum absolute atomic E-state index is 0.103. The summed E-state index contributed by atoms with van der Waals surface area (Å²) in [7, 11) is 0. The molecule has 0 bridgehead atoms. The van der Waals surface area contributed by atoms with E-state index < -0.39 is 0 Å². The van der Waals surface area contributed by atoms with E-state index in [1.807, 2.05) is 6.07 Å². The van der Waals surface area contributed by atoms with Gasteiger partial charge in [-0.1, -0.05) is 141 Å². The molecule has 0 spiro atoms. The van der Waals surface area contributed by atoms with Crippen LogP contribution in [0.5, 0.6) is 0 Å². The fourth-order valence-electron chi connectivity index (χ4n) is 8.45. The molecule has 0 radical (unpaired) electrons. The van der Waals surface area contributed by atoms with Crippen molar-refractivity contribution in [2.45, 2.75) is 19.3 Å². The van der Waals surface area contributed by atoms with Gasteiger partial charge in [-0.2, -0.15) is 0 Å². The van der Waals surface area contributed by atoms with Crippen LogP contribution in [-0.4, -0.2) is 0 Å². The van der Waals surface area contributed by atoms with E-state index in [9.17, 15) is 0 Å². The first-order valence-electron chi connectivity index (χ1n) is 16.1. The second-order valence-electron chi connectivity index (χ2n) is 13.2. The molecule has 0 fully saturated rings. The Morgan fingerprint density at radius 1 is 0.370 bits per heavy atom. The monoisotopic (exact) mass is 586 g/mol. The molecular formula is C45H30O. The van der Waals surface area contributed by atoms with Gasteiger partial charge in [0.2, 0.25) is 0 Å². The minimum atomic E-state index is -0.103. The SMILES string of the molecule is CC1(C)c2ccccc2-c2c1cc(-c1c3ccccc3c(-c3cccc4oc5ccccc5c34)c3ccccc13)c1ccccc21. The van der Waals surface area contributed by atoms with Crippen LogP contribution in [0.2, 0.25) is 0 Å². The zero-order valence-corrected chi connectivity index (χ0v) is 25.8. The van der Waals surface area contributed by atoms with E-state index in [2.05, 4.69) is 153 Å². The number of furan rings is 1. The standard InChI is InChI=1S/C45H30O/c1-45(2)37-23-11-9-20-33(37)43-28-15-4-3-14-27(28)36(26-38(43)45)42-31-18-7-5-16-29(31)41(30-17-6-8-19-32(30)42)35-22-13-25-40-44(35)34-21-10-12-24-39(34)46-40/h3-26H,1-2H3. The Morgan fingerprint density at radius 2 is 0.848 bits per heavy atom. The summed E-state index contributed by atoms with van der Waals surface area (Å²) in [5.74, 6) is 0. The molecule has 0 atom stereocenters. The fourth-order valence-corrected chi connectivity index (χ4v) is 8.45. The molecule has 0 aliphatic heterocycles. The van der Waals surface area contributed by atoms with Gasteiger partial charge in [-0.05, 0) is 95.0 Å². The second-order valence-corrected chi connectivity index (χ2v) is 13.2. The highest BCUT2D eigenvalue weighted by Crippen LogP contribution is 2.55. The van der Waals surface area contributed by atoms with Crippen molar-refractivity contribution in [2.24, 2.45) is 0 Å². The summed E-state index contributed by atoms with van der Waals surface area (Å²) in [6.45, 7) is 4.76. The molecule has 9 aromatic rings. The second kappa shape index (κ2) is 9.19. The molecule has 1 aliphatic carbocycles. The number of benzene rings is 8. The van der Waals surface area contributed by atoms with Crippen molar-refractivity contribution in [2.75, 3.05) is 0 Å². The van der Waals surface area contributed by atoms with Crippen LogP contribution in [-0.2, 0) is 5.41 Å². The van der Waals surface area contributed by atoms with Gasteiger partial charge >= 0.3 is 0 Å². The van der Waals surface area contributed by atoms with Crippen LogP contribution in [0.1, 0.15) is 25.0 Å². The maximum Gasteiger partial charge on any atom is 0.136 e. The van der Waals surface area contributed by atoms with E-state index >= 15 is 0 Å². The van der Waals surface area contributed by atoms with Gasteiger partial charge in [0.05, 0.1) is 0 Å². The number of hydrogen-bond acceptors (Lipinski definition) is 1. The lowest BCUT2D eigenvalue weighted by Gasteiger charge is -2.24. The van der Waals surface area contributed by atoms with Gasteiger partial charge in [-0.15, -0.1) is 0 Å². The van der Waals surface area contributed by atoms with Gasteiger partial charge in [0.15, 0.2) is 0 Å². The van der Waals surface area contributed by atoms with Crippen LogP contribution < -0.4 is 0 Å². The van der Waals surface area contributed by atoms with Gasteiger partial charge in [-0.25, -0.2) is 0 Å². The summed E-state index contributed by atoms with van der Waals surface area (Å²) in [6, 6.07) is 53.3. The third kappa shape index (κ3) is 3.30. The molecule has 0 unspecified atom stereocenters. The maximum atomic E-state index is 6.37. The lowest BCUT2D eigenvalue weighted by Crippen LogP contribution is -2.15. The van der Waals surface area contributed by atoms with Crippen LogP contribution in [0, 0.1) is 0 Å². The fraction of sp³-hybridized carbons (Fsp3) is 0.0667. The molecular weight excluding hydrogens is 556 g/mol. The third-order valence-corrected chi connectivity index (χ3v) is 10.5. The van der Waals surface area contributed by atoms with Crippen LogP contribution in [0.4, 0.5) is 0 Å². The molecule has 1 aliphatic rings. The lowest BCUT2D eigenvalue weighted by atomic mass is 9.79. The lowest BCUT2D eigenvalue weighted by molar-refractivity contribution is 0.661. The number of rotatable bonds is 2. The first-order valence-corrected chi connectivity index (χ1v) is 16.1. The van der Waals surface area contributed by atoms with Gasteiger partial charge in [0.1, 0.15) is 11.2 Å². The predicted octanol–water partition coefficient (Wildman–Crippen LogP) is 12.7. The van der Waals surface area contributed by atoms with Crippen LogP contribution in [0.25, 0.3) is 87.6 Å². The Hall–Kier alpha value is -5.66. The maximum absolute atomic E-state index is 6.37. The summed E-state index contributed by atoms with van der Waals surface area (Å²) in [6.07, 6.45) is 0. The zero-order valence-electron chi connectivity index (χ0n) is 25.8. The summed E-state index contributed by atoms with van der Waals surface area (Å²) in [5, 5.41) is 9.96. The first-order chi connectivity index (χ1) is 22.6. The molecule has 216 valence electrons. The predicted molar refractivity (Wildman–Crippen MR) is 195 cm³/mol. The molecule has 0 amide bonds. The average molecular weight is 587 g/mol. The molecule has 46 heavy (non-hydrogen) atoms. The average Bonchev–Trinajstić information content (AvgIpc) is 3.59. The molecule has 1 heteroatoms. The van der Waals surface area contributed by atoms with E-state index in [1.54, 1.807) is 0 Å². The minimum Gasteiger partial charge on any atom is -0.456 e. The quantitative estimate of drug-likeness (QED) is 0.184. The topological polar surface area (TPSA) is 13.1 Å². The van der Waals surface area contributed by atoms with Crippen LogP contribution in [0.3, 0.4) is 0 Å². The van der Waals surface area contributed by atoms with Gasteiger partial charge in [0, 0.05) is 16.2 Å². The van der Waals surface area contributed by atoms with Crippen LogP contribution in [0.15, 0.2) is 150 Å². The third-order valence-electron chi connectivity index (χ3n) is 10.5. The molecule has 0 N–H and O–H groups in total. The van der Waals surface area contributed by atoms with E-state index in [1.165, 1.54) is 82.2 Å². The number of hydrogen-bond donors (Lipinski definition) is 0. The van der Waals surface area contributed by atoms with E-state index in [-0.39, 0.29) is 5.41 Å². The van der Waals surface area contributed by atoms with Crippen LogP contribution >= 0.6 is 0 Å². The Balaban J connectivity index is 1.38. The smallest absolute Gasteiger partial charge is 0.136 e. The summed E-state index contributed by atoms with van der Waals surface area (Å²) in [4.78, 5) is 0. The van der Waals surface area contributed by atoms with Crippen molar-refractivity contribution in [3.05, 3.63) is 157 Å².